The third-order valence-corrected chi connectivity index (χ3v) is 6.58. The van der Waals surface area contributed by atoms with Crippen molar-refractivity contribution in [1.82, 2.24) is 9.80 Å². The summed E-state index contributed by atoms with van der Waals surface area (Å²) in [5.74, 6) is 0.612. The molecule has 2 fully saturated rings. The summed E-state index contributed by atoms with van der Waals surface area (Å²) in [6.07, 6.45) is 3.74. The summed E-state index contributed by atoms with van der Waals surface area (Å²) < 4.78 is 11.5. The lowest BCUT2D eigenvalue weighted by molar-refractivity contribution is -0.132. The van der Waals surface area contributed by atoms with E-state index in [4.69, 9.17) is 9.47 Å². The van der Waals surface area contributed by atoms with Gasteiger partial charge in [0.15, 0.2) is 18.1 Å². The van der Waals surface area contributed by atoms with Gasteiger partial charge in [-0.05, 0) is 67.8 Å². The van der Waals surface area contributed by atoms with E-state index >= 15 is 0 Å². The molecule has 0 aromatic heterocycles. The van der Waals surface area contributed by atoms with E-state index in [1.54, 1.807) is 24.3 Å². The number of thioether (sulfide) groups is 1. The minimum atomic E-state index is -0.314. The fourth-order valence-corrected chi connectivity index (χ4v) is 4.82. The van der Waals surface area contributed by atoms with Gasteiger partial charge in [-0.3, -0.25) is 19.3 Å². The maximum Gasteiger partial charge on any atom is 0.293 e. The SMILES string of the molecule is CCOc1cc(/C=C2\SC(=O)N(Cc3cccc(C)c3)C2=O)ccc1OCC(=O)N1CCCC1. The van der Waals surface area contributed by atoms with Gasteiger partial charge >= 0.3 is 0 Å². The Bertz CT molecular complexity index is 1120. The number of nitrogens with zero attached hydrogens (tertiary/aromatic N) is 2. The molecule has 0 saturated carbocycles. The number of carbonyl (C=O) groups is 3. The van der Waals surface area contributed by atoms with Gasteiger partial charge in [0.05, 0.1) is 18.1 Å². The van der Waals surface area contributed by atoms with Crippen molar-refractivity contribution in [3.63, 3.8) is 0 Å². The van der Waals surface area contributed by atoms with E-state index in [1.165, 1.54) is 4.90 Å². The van der Waals surface area contributed by atoms with Crippen LogP contribution in [0.15, 0.2) is 47.4 Å². The van der Waals surface area contributed by atoms with E-state index in [0.717, 1.165) is 48.8 Å². The first-order valence-electron chi connectivity index (χ1n) is 11.4. The first-order chi connectivity index (χ1) is 16.4. The first-order valence-corrected chi connectivity index (χ1v) is 12.2. The van der Waals surface area contributed by atoms with Crippen LogP contribution in [-0.2, 0) is 16.1 Å². The summed E-state index contributed by atoms with van der Waals surface area (Å²) in [6, 6.07) is 13.0. The predicted octanol–water partition coefficient (Wildman–Crippen LogP) is 4.63. The Labute approximate surface area is 203 Å². The molecule has 7 nitrogen and oxygen atoms in total. The molecule has 0 radical (unpaired) electrons. The monoisotopic (exact) mass is 480 g/mol. The van der Waals surface area contributed by atoms with E-state index in [-0.39, 0.29) is 30.2 Å². The van der Waals surface area contributed by atoms with Crippen LogP contribution in [0.4, 0.5) is 4.79 Å². The molecule has 0 N–H and O–H groups in total. The number of imide groups is 1. The molecule has 0 unspecified atom stereocenters. The van der Waals surface area contributed by atoms with E-state index in [0.29, 0.717) is 28.6 Å². The van der Waals surface area contributed by atoms with Crippen molar-refractivity contribution < 1.29 is 23.9 Å². The lowest BCUT2D eigenvalue weighted by Crippen LogP contribution is -2.32. The van der Waals surface area contributed by atoms with Crippen LogP contribution >= 0.6 is 11.8 Å². The molecular weight excluding hydrogens is 452 g/mol. The zero-order chi connectivity index (χ0) is 24.1. The van der Waals surface area contributed by atoms with Gasteiger partial charge < -0.3 is 14.4 Å². The third-order valence-electron chi connectivity index (χ3n) is 5.67. The lowest BCUT2D eigenvalue weighted by Gasteiger charge is -2.17. The van der Waals surface area contributed by atoms with Crippen molar-refractivity contribution in [3.05, 3.63) is 64.1 Å². The summed E-state index contributed by atoms with van der Waals surface area (Å²) >= 11 is 0.928. The minimum Gasteiger partial charge on any atom is -0.490 e. The fourth-order valence-electron chi connectivity index (χ4n) is 3.98. The second-order valence-electron chi connectivity index (χ2n) is 8.27. The molecule has 2 aromatic carbocycles. The van der Waals surface area contributed by atoms with Crippen LogP contribution in [0, 0.1) is 6.92 Å². The Kier molecular flexibility index (Phi) is 7.57. The highest BCUT2D eigenvalue weighted by molar-refractivity contribution is 8.18. The molecule has 3 amide bonds. The Hall–Kier alpha value is -3.26. The quantitative estimate of drug-likeness (QED) is 0.513. The number of hydrogen-bond acceptors (Lipinski definition) is 6. The molecule has 0 bridgehead atoms. The van der Waals surface area contributed by atoms with Gasteiger partial charge in [-0.2, -0.15) is 0 Å². The first kappa shape index (κ1) is 23.9. The van der Waals surface area contributed by atoms with Crippen LogP contribution in [0.1, 0.15) is 36.5 Å². The number of amides is 3. The van der Waals surface area contributed by atoms with Crippen LogP contribution in [0.2, 0.25) is 0 Å². The average molecular weight is 481 g/mol. The van der Waals surface area contributed by atoms with Crippen LogP contribution in [-0.4, -0.2) is 53.2 Å². The Morgan fingerprint density at radius 1 is 1.06 bits per heavy atom. The highest BCUT2D eigenvalue weighted by Gasteiger charge is 2.35. The van der Waals surface area contributed by atoms with Crippen molar-refractivity contribution >= 4 is 34.9 Å². The summed E-state index contributed by atoms with van der Waals surface area (Å²) in [7, 11) is 0. The molecule has 4 rings (SSSR count). The normalized spacial score (nSPS) is 17.1. The maximum atomic E-state index is 12.9. The second-order valence-corrected chi connectivity index (χ2v) is 9.27. The topological polar surface area (TPSA) is 76.1 Å². The van der Waals surface area contributed by atoms with Gasteiger partial charge in [-0.1, -0.05) is 35.9 Å². The molecule has 0 aliphatic carbocycles. The summed E-state index contributed by atoms with van der Waals surface area (Å²) in [5, 5.41) is -0.289. The molecule has 8 heteroatoms. The third kappa shape index (κ3) is 5.62. The Morgan fingerprint density at radius 2 is 1.85 bits per heavy atom. The van der Waals surface area contributed by atoms with E-state index in [2.05, 4.69) is 0 Å². The molecule has 34 heavy (non-hydrogen) atoms. The second kappa shape index (κ2) is 10.8. The summed E-state index contributed by atoms with van der Waals surface area (Å²) in [4.78, 5) is 41.1. The highest BCUT2D eigenvalue weighted by atomic mass is 32.2. The van der Waals surface area contributed by atoms with Crippen molar-refractivity contribution in [2.45, 2.75) is 33.2 Å². The van der Waals surface area contributed by atoms with Gasteiger partial charge in [0.1, 0.15) is 0 Å². The van der Waals surface area contributed by atoms with Crippen LogP contribution in [0.3, 0.4) is 0 Å². The number of rotatable bonds is 8. The van der Waals surface area contributed by atoms with Gasteiger partial charge in [0.2, 0.25) is 0 Å². The average Bonchev–Trinajstić information content (AvgIpc) is 3.44. The minimum absolute atomic E-state index is 0.0358. The molecule has 2 aromatic rings. The molecule has 178 valence electrons. The number of benzene rings is 2. The fraction of sp³-hybridized carbons (Fsp3) is 0.346. The Balaban J connectivity index is 1.47. The largest absolute Gasteiger partial charge is 0.490 e. The molecule has 2 aliphatic heterocycles. The van der Waals surface area contributed by atoms with Gasteiger partial charge in [-0.15, -0.1) is 0 Å². The summed E-state index contributed by atoms with van der Waals surface area (Å²) in [6.45, 7) is 6.01. The molecular formula is C26H28N2O5S. The molecule has 0 spiro atoms. The van der Waals surface area contributed by atoms with Gasteiger partial charge in [0, 0.05) is 13.1 Å². The van der Waals surface area contributed by atoms with Crippen LogP contribution < -0.4 is 9.47 Å². The number of likely N-dealkylation sites (tertiary alicyclic amines) is 1. The van der Waals surface area contributed by atoms with Crippen molar-refractivity contribution in [2.75, 3.05) is 26.3 Å². The highest BCUT2D eigenvalue weighted by Crippen LogP contribution is 2.35. The lowest BCUT2D eigenvalue weighted by atomic mass is 10.1. The maximum absolute atomic E-state index is 12.9. The summed E-state index contributed by atoms with van der Waals surface area (Å²) in [5.41, 5.74) is 2.70. The number of aryl methyl sites for hydroxylation is 1. The molecule has 0 atom stereocenters. The number of ether oxygens (including phenoxy) is 2. The van der Waals surface area contributed by atoms with Gasteiger partial charge in [0.25, 0.3) is 17.1 Å². The number of carbonyl (C=O) groups excluding carboxylic acids is 3. The molecule has 2 heterocycles. The molecule has 2 saturated heterocycles. The van der Waals surface area contributed by atoms with Crippen molar-refractivity contribution in [3.8, 4) is 11.5 Å². The molecule has 2 aliphatic rings. The van der Waals surface area contributed by atoms with E-state index in [9.17, 15) is 14.4 Å². The van der Waals surface area contributed by atoms with Crippen molar-refractivity contribution in [1.29, 1.82) is 0 Å². The standard InChI is InChI=1S/C26H28N2O5S/c1-3-32-22-14-19(9-10-21(22)33-17-24(29)27-11-4-5-12-27)15-23-25(30)28(26(31)34-23)16-20-8-6-7-18(2)13-20/h6-10,13-15H,3-5,11-12,16-17H2,1-2H3/b23-15-. The zero-order valence-electron chi connectivity index (χ0n) is 19.4. The van der Waals surface area contributed by atoms with E-state index < -0.39 is 0 Å². The predicted molar refractivity (Wildman–Crippen MR) is 132 cm³/mol. The van der Waals surface area contributed by atoms with Crippen LogP contribution in [0.25, 0.3) is 6.08 Å². The van der Waals surface area contributed by atoms with Crippen LogP contribution in [0.5, 0.6) is 11.5 Å². The van der Waals surface area contributed by atoms with E-state index in [1.807, 2.05) is 43.0 Å². The van der Waals surface area contributed by atoms with Crippen molar-refractivity contribution in [2.24, 2.45) is 0 Å². The van der Waals surface area contributed by atoms with Gasteiger partial charge in [-0.25, -0.2) is 0 Å². The Morgan fingerprint density at radius 3 is 2.59 bits per heavy atom. The number of hydrogen-bond donors (Lipinski definition) is 0. The zero-order valence-corrected chi connectivity index (χ0v) is 20.2. The smallest absolute Gasteiger partial charge is 0.293 e.